The number of pyridine rings is 1. The maximum Gasteiger partial charge on any atom is 0.271 e. The van der Waals surface area contributed by atoms with Crippen LogP contribution in [-0.2, 0) is 14.4 Å². The Morgan fingerprint density at radius 3 is 2.86 bits per heavy atom. The second kappa shape index (κ2) is 10.5. The molecule has 1 saturated carbocycles. The van der Waals surface area contributed by atoms with Gasteiger partial charge in [0.1, 0.15) is 29.7 Å². The number of aromatic nitrogens is 2. The number of ether oxygens (including phenoxy) is 1. The molecule has 5 rings (SSSR count). The molecule has 4 N–H and O–H groups in total. The molecule has 2 saturated heterocycles. The highest BCUT2D eigenvalue weighted by Gasteiger charge is 2.50. The Hall–Kier alpha value is -3.47. The van der Waals surface area contributed by atoms with Crippen LogP contribution in [0.25, 0.3) is 11.0 Å². The minimum Gasteiger partial charge on any atom is -0.496 e. The largest absolute Gasteiger partial charge is 0.496 e. The van der Waals surface area contributed by atoms with Crippen LogP contribution >= 0.6 is 0 Å². The van der Waals surface area contributed by atoms with Crippen molar-refractivity contribution in [3.63, 3.8) is 0 Å². The van der Waals surface area contributed by atoms with Crippen molar-refractivity contribution in [3.05, 3.63) is 24.0 Å². The number of hydrogen-bond donors (Lipinski definition) is 4. The number of aromatic amines is 1. The maximum absolute atomic E-state index is 13.7. The number of rotatable bonds is 9. The van der Waals surface area contributed by atoms with Crippen LogP contribution in [0.4, 0.5) is 0 Å². The zero-order valence-corrected chi connectivity index (χ0v) is 20.9. The number of amides is 3. The monoisotopic (exact) mass is 511 g/mol. The Morgan fingerprint density at radius 1 is 1.30 bits per heavy atom. The van der Waals surface area contributed by atoms with Gasteiger partial charge in [-0.15, -0.1) is 0 Å². The van der Waals surface area contributed by atoms with E-state index < -0.39 is 30.4 Å². The van der Waals surface area contributed by atoms with E-state index in [9.17, 15) is 24.3 Å². The number of fused-ring (bicyclic) bond motifs is 2. The molecule has 198 valence electrons. The van der Waals surface area contributed by atoms with E-state index in [1.165, 1.54) is 0 Å². The number of Topliss-reactive ketones (excluding diaryl/α,β-unsaturated/α-hetero) is 1. The number of methoxy groups -OCH3 is 1. The Labute approximate surface area is 214 Å². The average molecular weight is 512 g/mol. The number of ketones is 1. The summed E-state index contributed by atoms with van der Waals surface area (Å²) < 4.78 is 5.38. The molecule has 1 aliphatic carbocycles. The van der Waals surface area contributed by atoms with E-state index in [-0.39, 0.29) is 36.0 Å². The van der Waals surface area contributed by atoms with Gasteiger partial charge >= 0.3 is 0 Å². The van der Waals surface area contributed by atoms with Crippen molar-refractivity contribution in [2.24, 2.45) is 17.8 Å². The first-order valence-corrected chi connectivity index (χ1v) is 13.0. The highest BCUT2D eigenvalue weighted by Crippen LogP contribution is 2.43. The molecule has 2 aromatic heterocycles. The van der Waals surface area contributed by atoms with E-state index in [1.54, 1.807) is 30.3 Å². The number of H-pyrrole nitrogens is 1. The van der Waals surface area contributed by atoms with E-state index in [0.29, 0.717) is 48.4 Å². The van der Waals surface area contributed by atoms with Crippen molar-refractivity contribution in [2.45, 2.75) is 50.6 Å². The predicted octanol–water partition coefficient (Wildman–Crippen LogP) is 0.775. The molecular weight excluding hydrogens is 478 g/mol. The van der Waals surface area contributed by atoms with Crippen molar-refractivity contribution in [1.82, 2.24) is 25.5 Å². The Kier molecular flexibility index (Phi) is 7.14. The first-order chi connectivity index (χ1) is 17.9. The molecule has 0 unspecified atom stereocenters. The fourth-order valence-electron chi connectivity index (χ4n) is 6.27. The number of likely N-dealkylation sites (tertiary alicyclic amines) is 1. The predicted molar refractivity (Wildman–Crippen MR) is 133 cm³/mol. The van der Waals surface area contributed by atoms with Crippen LogP contribution in [0.2, 0.25) is 0 Å². The molecular formula is C26H33N5O6. The van der Waals surface area contributed by atoms with Crippen LogP contribution < -0.4 is 15.4 Å². The van der Waals surface area contributed by atoms with Crippen LogP contribution in [0.5, 0.6) is 5.75 Å². The van der Waals surface area contributed by atoms with Gasteiger partial charge in [0.2, 0.25) is 11.8 Å². The molecule has 3 aliphatic rings. The second-order valence-electron chi connectivity index (χ2n) is 10.3. The highest BCUT2D eigenvalue weighted by molar-refractivity contribution is 6.01. The van der Waals surface area contributed by atoms with Gasteiger partial charge in [-0.3, -0.25) is 19.2 Å². The molecule has 0 aromatic carbocycles. The minimum atomic E-state index is -0.912. The van der Waals surface area contributed by atoms with Crippen molar-refractivity contribution in [1.29, 1.82) is 0 Å². The summed E-state index contributed by atoms with van der Waals surface area (Å²) in [5.41, 5.74) is 0.840. The van der Waals surface area contributed by atoms with Gasteiger partial charge in [0, 0.05) is 25.2 Å². The SMILES string of the molecule is COc1ccnc2[nH]c(C(=O)N3C[C@@H]4CCC[C@@H]4[C@H]3C(=O)N[C@@H](CC[C@@H]3CCNC3=O)C(=O)CO)cc12. The van der Waals surface area contributed by atoms with Gasteiger partial charge in [-0.2, -0.15) is 0 Å². The summed E-state index contributed by atoms with van der Waals surface area (Å²) in [6.07, 6.45) is 5.73. The van der Waals surface area contributed by atoms with Gasteiger partial charge in [-0.1, -0.05) is 6.42 Å². The fraction of sp³-hybridized carbons (Fsp3) is 0.577. The average Bonchev–Trinajstić information content (AvgIpc) is 3.68. The summed E-state index contributed by atoms with van der Waals surface area (Å²) >= 11 is 0. The lowest BCUT2D eigenvalue weighted by atomic mass is 9.92. The van der Waals surface area contributed by atoms with Crippen LogP contribution in [0, 0.1) is 17.8 Å². The molecule has 4 heterocycles. The molecule has 11 nitrogen and oxygen atoms in total. The molecule has 3 fully saturated rings. The molecule has 2 aliphatic heterocycles. The van der Waals surface area contributed by atoms with E-state index in [2.05, 4.69) is 20.6 Å². The second-order valence-corrected chi connectivity index (χ2v) is 10.3. The van der Waals surface area contributed by atoms with Crippen molar-refractivity contribution < 1.29 is 29.0 Å². The van der Waals surface area contributed by atoms with E-state index in [0.717, 1.165) is 19.3 Å². The van der Waals surface area contributed by atoms with Gasteiger partial charge in [-0.25, -0.2) is 4.98 Å². The lowest BCUT2D eigenvalue weighted by Crippen LogP contribution is -2.53. The first-order valence-electron chi connectivity index (χ1n) is 13.0. The third kappa shape index (κ3) is 4.79. The number of nitrogens with zero attached hydrogens (tertiary/aromatic N) is 2. The van der Waals surface area contributed by atoms with Crippen molar-refractivity contribution in [3.8, 4) is 5.75 Å². The van der Waals surface area contributed by atoms with Crippen molar-refractivity contribution in [2.75, 3.05) is 26.8 Å². The van der Waals surface area contributed by atoms with Crippen LogP contribution in [0.3, 0.4) is 0 Å². The van der Waals surface area contributed by atoms with Crippen molar-refractivity contribution >= 4 is 34.5 Å². The molecule has 3 amide bonds. The first kappa shape index (κ1) is 25.2. The Morgan fingerprint density at radius 2 is 2.14 bits per heavy atom. The molecule has 0 spiro atoms. The third-order valence-corrected chi connectivity index (χ3v) is 8.19. The molecule has 0 radical (unpaired) electrons. The van der Waals surface area contributed by atoms with Crippen LogP contribution in [0.15, 0.2) is 18.3 Å². The zero-order chi connectivity index (χ0) is 26.1. The summed E-state index contributed by atoms with van der Waals surface area (Å²) in [5, 5.41) is 15.8. The molecule has 5 atom stereocenters. The van der Waals surface area contributed by atoms with Gasteiger partial charge in [0.25, 0.3) is 5.91 Å². The maximum atomic E-state index is 13.7. The fourth-order valence-corrected chi connectivity index (χ4v) is 6.27. The van der Waals surface area contributed by atoms with E-state index in [1.807, 2.05) is 0 Å². The lowest BCUT2D eigenvalue weighted by Gasteiger charge is -2.28. The standard InChI is InChI=1S/C26H33N5O6/c1-37-21-8-10-27-23-17(21)11-19(29-23)26(36)31-12-15-3-2-4-16(15)22(31)25(35)30-18(20(33)13-32)6-5-14-7-9-28-24(14)34/h8,10-11,14-16,18,22,32H,2-7,9,12-13H2,1H3,(H,27,29)(H,28,34)(H,30,35)/t14-,15+,16+,18+,22+/m1/s1. The van der Waals surface area contributed by atoms with Gasteiger partial charge in [0.15, 0.2) is 5.78 Å². The van der Waals surface area contributed by atoms with Crippen LogP contribution in [-0.4, -0.2) is 82.4 Å². The van der Waals surface area contributed by atoms with Gasteiger partial charge in [-0.05, 0) is 56.1 Å². The molecule has 37 heavy (non-hydrogen) atoms. The number of hydrogen-bond acceptors (Lipinski definition) is 7. The summed E-state index contributed by atoms with van der Waals surface area (Å²) in [4.78, 5) is 60.7. The van der Waals surface area contributed by atoms with Gasteiger partial charge in [0.05, 0.1) is 18.5 Å². The summed E-state index contributed by atoms with van der Waals surface area (Å²) in [5.74, 6) is -0.639. The smallest absolute Gasteiger partial charge is 0.271 e. The van der Waals surface area contributed by atoms with Gasteiger partial charge < -0.3 is 30.4 Å². The third-order valence-electron chi connectivity index (χ3n) is 8.19. The number of carbonyl (C=O) groups is 4. The molecule has 0 bridgehead atoms. The summed E-state index contributed by atoms with van der Waals surface area (Å²) in [6, 6.07) is 1.78. The number of nitrogens with one attached hydrogen (secondary N) is 3. The number of carbonyl (C=O) groups excluding carboxylic acids is 4. The Balaban J connectivity index is 1.36. The summed E-state index contributed by atoms with van der Waals surface area (Å²) in [6.45, 7) is 0.360. The topological polar surface area (TPSA) is 154 Å². The number of aliphatic hydroxyl groups excluding tert-OH is 1. The lowest BCUT2D eigenvalue weighted by molar-refractivity contribution is -0.132. The van der Waals surface area contributed by atoms with Crippen LogP contribution in [0.1, 0.15) is 49.0 Å². The quantitative estimate of drug-likeness (QED) is 0.388. The highest BCUT2D eigenvalue weighted by atomic mass is 16.5. The number of aliphatic hydroxyl groups is 1. The van der Waals surface area contributed by atoms with E-state index in [4.69, 9.17) is 4.74 Å². The normalized spacial score (nSPS) is 25.7. The summed E-state index contributed by atoms with van der Waals surface area (Å²) in [7, 11) is 1.55. The molecule has 11 heteroatoms. The Bertz CT molecular complexity index is 1210. The minimum absolute atomic E-state index is 0.00600. The zero-order valence-electron chi connectivity index (χ0n) is 20.9. The van der Waals surface area contributed by atoms with E-state index >= 15 is 0 Å². The molecule has 2 aromatic rings.